The van der Waals surface area contributed by atoms with E-state index in [0.717, 1.165) is 10.6 Å². The molecule has 0 aromatic carbocycles. The minimum absolute atomic E-state index is 0.0577. The van der Waals surface area contributed by atoms with Crippen molar-refractivity contribution in [1.82, 2.24) is 9.88 Å². The van der Waals surface area contributed by atoms with Gasteiger partial charge in [0.25, 0.3) is 5.92 Å². The van der Waals surface area contributed by atoms with E-state index >= 15 is 0 Å². The third kappa shape index (κ3) is 5.56. The van der Waals surface area contributed by atoms with Crippen LogP contribution in [0, 0.1) is 18.8 Å². The molecule has 0 spiro atoms. The van der Waals surface area contributed by atoms with Gasteiger partial charge in [0.15, 0.2) is 0 Å². The van der Waals surface area contributed by atoms with Gasteiger partial charge >= 0.3 is 6.09 Å². The molecule has 1 aromatic rings. The first-order chi connectivity index (χ1) is 11.6. The zero-order valence-corrected chi connectivity index (χ0v) is 14.9. The first kappa shape index (κ1) is 18.9. The Hall–Kier alpha value is -2.42. The molecule has 4 nitrogen and oxygen atoms in total. The molecule has 0 N–H and O–H groups in total. The van der Waals surface area contributed by atoms with E-state index in [1.807, 2.05) is 19.1 Å². The predicted octanol–water partition coefficient (Wildman–Crippen LogP) is 3.94. The number of amides is 1. The lowest BCUT2D eigenvalue weighted by Crippen LogP contribution is -2.48. The maximum Gasteiger partial charge on any atom is 0.410 e. The Morgan fingerprint density at radius 2 is 2.12 bits per heavy atom. The second kappa shape index (κ2) is 7.22. The van der Waals surface area contributed by atoms with Crippen LogP contribution in [0.25, 0.3) is 0 Å². The molecular weight excluding hydrogens is 326 g/mol. The Balaban J connectivity index is 2.07. The van der Waals surface area contributed by atoms with Gasteiger partial charge in [0.05, 0.1) is 6.54 Å². The summed E-state index contributed by atoms with van der Waals surface area (Å²) in [4.78, 5) is 17.2. The molecule has 0 atom stereocenters. The number of likely N-dealkylation sites (tertiary alicyclic amines) is 1. The van der Waals surface area contributed by atoms with Gasteiger partial charge in [-0.05, 0) is 58.2 Å². The molecule has 1 aliphatic rings. The molecule has 0 aliphatic carbocycles. The van der Waals surface area contributed by atoms with Crippen molar-refractivity contribution in [2.24, 2.45) is 0 Å². The lowest BCUT2D eigenvalue weighted by molar-refractivity contribution is -0.0345. The molecule has 1 saturated heterocycles. The average molecular weight is 348 g/mol. The summed E-state index contributed by atoms with van der Waals surface area (Å²) in [6.45, 7) is 6.43. The largest absolute Gasteiger partial charge is 0.444 e. The molecule has 2 rings (SSSR count). The Labute approximate surface area is 146 Å². The molecule has 0 radical (unpaired) electrons. The lowest BCUT2D eigenvalue weighted by Gasteiger charge is -2.35. The third-order valence-corrected chi connectivity index (χ3v) is 3.50. The van der Waals surface area contributed by atoms with Crippen LogP contribution in [0.2, 0.25) is 0 Å². The van der Waals surface area contributed by atoms with Crippen molar-refractivity contribution in [3.05, 3.63) is 41.2 Å². The fourth-order valence-electron chi connectivity index (χ4n) is 2.33. The number of ether oxygens (including phenoxy) is 1. The summed E-state index contributed by atoms with van der Waals surface area (Å²) in [5, 5.41) is 0. The van der Waals surface area contributed by atoms with Crippen LogP contribution >= 0.6 is 0 Å². The van der Waals surface area contributed by atoms with Gasteiger partial charge in [-0.2, -0.15) is 8.78 Å². The predicted molar refractivity (Wildman–Crippen MR) is 91.3 cm³/mol. The van der Waals surface area contributed by atoms with Crippen LogP contribution in [0.1, 0.15) is 38.6 Å². The van der Waals surface area contributed by atoms with Gasteiger partial charge in [-0.25, -0.2) is 9.78 Å². The third-order valence-electron chi connectivity index (χ3n) is 3.50. The van der Waals surface area contributed by atoms with Gasteiger partial charge in [-0.15, -0.1) is 0 Å². The van der Waals surface area contributed by atoms with Crippen molar-refractivity contribution in [3.8, 4) is 11.8 Å². The monoisotopic (exact) mass is 348 g/mol. The van der Waals surface area contributed by atoms with E-state index in [0.29, 0.717) is 5.69 Å². The van der Waals surface area contributed by atoms with Crippen LogP contribution in [-0.2, 0) is 4.74 Å². The molecule has 2 heterocycles. The van der Waals surface area contributed by atoms with E-state index in [-0.39, 0.29) is 18.5 Å². The van der Waals surface area contributed by atoms with E-state index in [9.17, 15) is 13.6 Å². The molecule has 1 aromatic heterocycles. The van der Waals surface area contributed by atoms with Gasteiger partial charge in [-0.1, -0.05) is 12.0 Å². The topological polar surface area (TPSA) is 42.4 Å². The van der Waals surface area contributed by atoms with Crippen LogP contribution in [0.3, 0.4) is 0 Å². The van der Waals surface area contributed by atoms with Gasteiger partial charge in [-0.3, -0.25) is 0 Å². The number of nitrogens with zero attached hydrogens (tertiary/aromatic N) is 2. The summed E-state index contributed by atoms with van der Waals surface area (Å²) in [6.07, 6.45) is 0.569. The number of halogens is 2. The summed E-state index contributed by atoms with van der Waals surface area (Å²) >= 11 is 0. The molecule has 134 valence electrons. The van der Waals surface area contributed by atoms with Crippen LogP contribution in [-0.4, -0.2) is 40.6 Å². The van der Waals surface area contributed by atoms with E-state index in [4.69, 9.17) is 4.74 Å². The molecule has 1 fully saturated rings. The van der Waals surface area contributed by atoms with Crippen molar-refractivity contribution in [2.45, 2.75) is 45.6 Å². The maximum atomic E-state index is 14.3. The Bertz CT molecular complexity index is 740. The van der Waals surface area contributed by atoms with Crippen molar-refractivity contribution in [3.63, 3.8) is 0 Å². The fourth-order valence-corrected chi connectivity index (χ4v) is 2.33. The number of aromatic nitrogens is 1. The van der Waals surface area contributed by atoms with E-state index in [1.54, 1.807) is 26.8 Å². The van der Waals surface area contributed by atoms with Gasteiger partial charge in [0.2, 0.25) is 0 Å². The average Bonchev–Trinajstić information content (AvgIpc) is 2.46. The summed E-state index contributed by atoms with van der Waals surface area (Å²) in [7, 11) is 0. The number of hydrogen-bond acceptors (Lipinski definition) is 3. The highest BCUT2D eigenvalue weighted by Crippen LogP contribution is 2.32. The normalized spacial score (nSPS) is 18.5. The summed E-state index contributed by atoms with van der Waals surface area (Å²) in [5.74, 6) is 2.29. The number of carbonyl (C=O) groups excluding carboxylic acids is 1. The van der Waals surface area contributed by atoms with Crippen LogP contribution in [0.15, 0.2) is 29.8 Å². The molecule has 1 aliphatic heterocycles. The maximum absolute atomic E-state index is 14.3. The zero-order chi connectivity index (χ0) is 18.7. The second-order valence-electron chi connectivity index (χ2n) is 6.96. The summed E-state index contributed by atoms with van der Waals surface area (Å²) in [5.41, 5.74) is 0.559. The number of rotatable bonds is 0. The Morgan fingerprint density at radius 1 is 1.40 bits per heavy atom. The van der Waals surface area contributed by atoms with Crippen LogP contribution in [0.4, 0.5) is 13.6 Å². The van der Waals surface area contributed by atoms with E-state index in [1.165, 1.54) is 6.08 Å². The summed E-state index contributed by atoms with van der Waals surface area (Å²) < 4.78 is 33.8. The number of carbonyl (C=O) groups is 1. The number of pyridine rings is 1. The number of alkyl halides is 2. The van der Waals surface area contributed by atoms with Crippen molar-refractivity contribution in [1.29, 1.82) is 0 Å². The van der Waals surface area contributed by atoms with Gasteiger partial charge in [0, 0.05) is 17.8 Å². The van der Waals surface area contributed by atoms with Crippen LogP contribution in [0.5, 0.6) is 0 Å². The quantitative estimate of drug-likeness (QED) is 0.667. The molecule has 25 heavy (non-hydrogen) atoms. The standard InChI is InChI=1S/C19H22F2N2O2/c1-14-7-5-9-16(22-14)10-6-8-15-11-12-23(13-19(15,20)21)17(24)25-18(2,3)4/h5,7-9H,11-13H2,1-4H3/b15-8+. The van der Waals surface area contributed by atoms with E-state index < -0.39 is 24.2 Å². The van der Waals surface area contributed by atoms with Gasteiger partial charge in [0.1, 0.15) is 11.3 Å². The molecule has 0 unspecified atom stereocenters. The van der Waals surface area contributed by atoms with E-state index in [2.05, 4.69) is 16.8 Å². The molecule has 0 saturated carbocycles. The highest BCUT2D eigenvalue weighted by molar-refractivity contribution is 5.68. The lowest BCUT2D eigenvalue weighted by atomic mass is 10.00. The van der Waals surface area contributed by atoms with Crippen LogP contribution < -0.4 is 0 Å². The smallest absolute Gasteiger partial charge is 0.410 e. The first-order valence-corrected chi connectivity index (χ1v) is 8.07. The zero-order valence-electron chi connectivity index (χ0n) is 14.9. The summed E-state index contributed by atoms with van der Waals surface area (Å²) in [6, 6.07) is 5.37. The van der Waals surface area contributed by atoms with Crippen molar-refractivity contribution >= 4 is 6.09 Å². The number of allylic oxidation sites excluding steroid dienone is 1. The van der Waals surface area contributed by atoms with Gasteiger partial charge < -0.3 is 9.64 Å². The first-order valence-electron chi connectivity index (χ1n) is 8.07. The van der Waals surface area contributed by atoms with Crippen molar-refractivity contribution in [2.75, 3.05) is 13.1 Å². The SMILES string of the molecule is Cc1cccc(C#C/C=C2\CCN(C(=O)OC(C)(C)C)CC2(F)F)n1. The minimum atomic E-state index is -3.12. The highest BCUT2D eigenvalue weighted by Gasteiger charge is 2.42. The fraction of sp³-hybridized carbons (Fsp3) is 0.474. The molecule has 0 bridgehead atoms. The highest BCUT2D eigenvalue weighted by atomic mass is 19.3. The Kier molecular flexibility index (Phi) is 5.46. The molecule has 1 amide bonds. The van der Waals surface area contributed by atoms with Crippen molar-refractivity contribution < 1.29 is 18.3 Å². The molecule has 6 heteroatoms. The Morgan fingerprint density at radius 3 is 2.72 bits per heavy atom. The molecular formula is C19H22F2N2O2. The number of aryl methyl sites for hydroxylation is 1. The minimum Gasteiger partial charge on any atom is -0.444 e. The number of hydrogen-bond donors (Lipinski definition) is 0. The number of piperidine rings is 1. The second-order valence-corrected chi connectivity index (χ2v) is 6.96.